The van der Waals surface area contributed by atoms with Crippen molar-refractivity contribution in [1.82, 2.24) is 19.7 Å². The number of nitrogens with zero attached hydrogens (tertiary/aromatic N) is 3. The van der Waals surface area contributed by atoms with Gasteiger partial charge in [0.15, 0.2) is 0 Å². The Kier molecular flexibility index (Phi) is 5.64. The number of hydrogen-bond donors (Lipinski definition) is 1. The van der Waals surface area contributed by atoms with Gasteiger partial charge in [0.2, 0.25) is 0 Å². The first-order valence-electron chi connectivity index (χ1n) is 10.5. The zero-order chi connectivity index (χ0) is 21.4. The number of aromatic nitrogens is 3. The smallest absolute Gasteiger partial charge is 0.276 e. The molecule has 0 radical (unpaired) electrons. The van der Waals surface area contributed by atoms with Gasteiger partial charge in [-0.25, -0.2) is 4.39 Å². The van der Waals surface area contributed by atoms with Crippen LogP contribution in [0.4, 0.5) is 4.39 Å². The maximum absolute atomic E-state index is 15.3. The molecule has 0 spiro atoms. The molecule has 2 aromatic heterocycles. The van der Waals surface area contributed by atoms with Gasteiger partial charge in [0.05, 0.1) is 13.3 Å². The number of rotatable bonds is 5. The van der Waals surface area contributed by atoms with Gasteiger partial charge in [-0.15, -0.1) is 0 Å². The number of likely N-dealkylation sites (tertiary alicyclic amines) is 1. The van der Waals surface area contributed by atoms with Gasteiger partial charge in [0.1, 0.15) is 17.1 Å². The minimum absolute atomic E-state index is 0.167. The number of piperidine rings is 1. The van der Waals surface area contributed by atoms with Crippen LogP contribution in [0.5, 0.6) is 5.75 Å². The number of methoxy groups -OCH3 is 1. The van der Waals surface area contributed by atoms with E-state index in [0.29, 0.717) is 40.2 Å². The Morgan fingerprint density at radius 1 is 1.30 bits per heavy atom. The van der Waals surface area contributed by atoms with Crippen LogP contribution in [0.25, 0.3) is 22.0 Å². The Hall–Kier alpha value is -2.67. The van der Waals surface area contributed by atoms with Crippen LogP contribution in [-0.2, 0) is 13.6 Å². The Morgan fingerprint density at radius 2 is 2.03 bits per heavy atom. The molecule has 3 heterocycles. The molecule has 3 aromatic rings. The van der Waals surface area contributed by atoms with Gasteiger partial charge in [-0.1, -0.05) is 13.8 Å². The molecule has 160 valence electrons. The lowest BCUT2D eigenvalue weighted by Crippen LogP contribution is -2.35. The highest BCUT2D eigenvalue weighted by Gasteiger charge is 2.24. The maximum Gasteiger partial charge on any atom is 0.276 e. The molecule has 0 atom stereocenters. The maximum atomic E-state index is 15.3. The number of pyridine rings is 1. The summed E-state index contributed by atoms with van der Waals surface area (Å²) in [6, 6.07) is 3.39. The van der Waals surface area contributed by atoms with Crippen LogP contribution >= 0.6 is 0 Å². The summed E-state index contributed by atoms with van der Waals surface area (Å²) < 4.78 is 22.3. The van der Waals surface area contributed by atoms with Gasteiger partial charge in [0, 0.05) is 36.3 Å². The van der Waals surface area contributed by atoms with Crippen LogP contribution in [-0.4, -0.2) is 39.9 Å². The monoisotopic (exact) mass is 412 g/mol. The first-order chi connectivity index (χ1) is 14.4. The summed E-state index contributed by atoms with van der Waals surface area (Å²) in [7, 11) is 3.25. The summed E-state index contributed by atoms with van der Waals surface area (Å²) in [6.07, 6.45) is 5.61. The minimum atomic E-state index is -0.291. The molecule has 1 aliphatic heterocycles. The number of hydrogen-bond acceptors (Lipinski definition) is 4. The van der Waals surface area contributed by atoms with Crippen molar-refractivity contribution in [1.29, 1.82) is 0 Å². The van der Waals surface area contributed by atoms with Crippen LogP contribution in [0, 0.1) is 17.7 Å². The summed E-state index contributed by atoms with van der Waals surface area (Å²) in [4.78, 5) is 14.6. The molecule has 30 heavy (non-hydrogen) atoms. The van der Waals surface area contributed by atoms with Gasteiger partial charge < -0.3 is 9.30 Å². The van der Waals surface area contributed by atoms with E-state index < -0.39 is 0 Å². The lowest BCUT2D eigenvalue weighted by Gasteiger charge is -2.34. The van der Waals surface area contributed by atoms with Crippen LogP contribution in [0.1, 0.15) is 32.3 Å². The van der Waals surface area contributed by atoms with E-state index >= 15 is 4.39 Å². The van der Waals surface area contributed by atoms with Crippen LogP contribution < -0.4 is 10.3 Å². The number of fused-ring (bicyclic) bond motifs is 1. The van der Waals surface area contributed by atoms with E-state index in [1.54, 1.807) is 26.6 Å². The molecule has 0 unspecified atom stereocenters. The second-order valence-electron chi connectivity index (χ2n) is 8.61. The number of halogens is 1. The average molecular weight is 413 g/mol. The number of aromatic amines is 1. The van der Waals surface area contributed by atoms with E-state index in [4.69, 9.17) is 4.74 Å². The fraction of sp³-hybridized carbons (Fsp3) is 0.478. The molecule has 1 N–H and O–H groups in total. The normalized spacial score (nSPS) is 15.9. The van der Waals surface area contributed by atoms with Gasteiger partial charge in [0.25, 0.3) is 5.56 Å². The molecule has 7 heteroatoms. The molecule has 4 rings (SSSR count). The van der Waals surface area contributed by atoms with E-state index in [0.717, 1.165) is 37.4 Å². The van der Waals surface area contributed by atoms with Gasteiger partial charge in [-0.3, -0.25) is 14.8 Å². The van der Waals surface area contributed by atoms with Crippen molar-refractivity contribution in [2.75, 3.05) is 20.2 Å². The third kappa shape index (κ3) is 3.74. The zero-order valence-electron chi connectivity index (χ0n) is 18.0. The summed E-state index contributed by atoms with van der Waals surface area (Å²) in [5, 5.41) is 7.41. The van der Waals surface area contributed by atoms with Gasteiger partial charge >= 0.3 is 0 Å². The highest BCUT2D eigenvalue weighted by Crippen LogP contribution is 2.34. The molecule has 0 saturated carbocycles. The Morgan fingerprint density at radius 3 is 2.70 bits per heavy atom. The largest absolute Gasteiger partial charge is 0.496 e. The quantitative estimate of drug-likeness (QED) is 0.689. The van der Waals surface area contributed by atoms with Crippen molar-refractivity contribution < 1.29 is 9.13 Å². The topological polar surface area (TPSA) is 63.1 Å². The third-order valence-electron chi connectivity index (χ3n) is 6.43. The fourth-order valence-corrected chi connectivity index (χ4v) is 4.49. The second kappa shape index (κ2) is 8.22. The molecule has 1 saturated heterocycles. The highest BCUT2D eigenvalue weighted by atomic mass is 19.1. The van der Waals surface area contributed by atoms with Crippen molar-refractivity contribution in [2.45, 2.75) is 33.2 Å². The summed E-state index contributed by atoms with van der Waals surface area (Å²) in [6.45, 7) is 7.04. The molecule has 6 nitrogen and oxygen atoms in total. The Balaban J connectivity index is 1.67. The number of ether oxygens (including phenoxy) is 1. The van der Waals surface area contributed by atoms with E-state index in [-0.39, 0.29) is 11.4 Å². The zero-order valence-corrected chi connectivity index (χ0v) is 18.0. The molecule has 0 amide bonds. The lowest BCUT2D eigenvalue weighted by atomic mass is 9.86. The number of benzene rings is 1. The molecular weight excluding hydrogens is 383 g/mol. The SMILES string of the molecule is COc1cc(-c2cn(C)c(=O)c3[nH]ncc23)cc(F)c1CN1CCC(C(C)C)CC1. The number of aryl methyl sites for hydroxylation is 1. The summed E-state index contributed by atoms with van der Waals surface area (Å²) in [5.74, 6) is 1.68. The number of H-pyrrole nitrogens is 1. The van der Waals surface area contributed by atoms with Crippen molar-refractivity contribution in [3.8, 4) is 16.9 Å². The molecule has 0 bridgehead atoms. The first-order valence-corrected chi connectivity index (χ1v) is 10.5. The predicted molar refractivity (Wildman–Crippen MR) is 116 cm³/mol. The molecule has 1 aromatic carbocycles. The van der Waals surface area contributed by atoms with Crippen LogP contribution in [0.15, 0.2) is 29.3 Å². The summed E-state index contributed by atoms with van der Waals surface area (Å²) in [5.41, 5.74) is 2.22. The third-order valence-corrected chi connectivity index (χ3v) is 6.43. The number of nitrogens with one attached hydrogen (secondary N) is 1. The average Bonchev–Trinajstić information content (AvgIpc) is 3.22. The van der Waals surface area contributed by atoms with E-state index in [1.807, 2.05) is 6.07 Å². The van der Waals surface area contributed by atoms with Crippen molar-refractivity contribution in [3.05, 3.63) is 46.3 Å². The Labute approximate surface area is 175 Å². The van der Waals surface area contributed by atoms with E-state index in [9.17, 15) is 4.79 Å². The lowest BCUT2D eigenvalue weighted by molar-refractivity contribution is 0.149. The molecular formula is C23H29FN4O2. The van der Waals surface area contributed by atoms with E-state index in [1.165, 1.54) is 10.6 Å². The van der Waals surface area contributed by atoms with Crippen LogP contribution in [0.2, 0.25) is 0 Å². The van der Waals surface area contributed by atoms with Crippen molar-refractivity contribution in [3.63, 3.8) is 0 Å². The predicted octanol–water partition coefficient (Wildman–Crippen LogP) is 3.94. The van der Waals surface area contributed by atoms with Gasteiger partial charge in [-0.05, 0) is 55.5 Å². The minimum Gasteiger partial charge on any atom is -0.496 e. The highest BCUT2D eigenvalue weighted by molar-refractivity contribution is 5.93. The molecule has 0 aliphatic carbocycles. The van der Waals surface area contributed by atoms with Crippen LogP contribution in [0.3, 0.4) is 0 Å². The standard InChI is InChI=1S/C23H29FN4O2/c1-14(2)15-5-7-28(8-6-15)13-19-20(24)9-16(10-21(19)30-4)18-12-27(3)23(29)22-17(18)11-25-26-22/h9-12,14-15H,5-8,13H2,1-4H3,(H,25,26). The Bertz CT molecular complexity index is 1110. The fourth-order valence-electron chi connectivity index (χ4n) is 4.49. The second-order valence-corrected chi connectivity index (χ2v) is 8.61. The molecule has 1 fully saturated rings. The molecule has 1 aliphatic rings. The van der Waals surface area contributed by atoms with Crippen molar-refractivity contribution >= 4 is 10.9 Å². The summed E-state index contributed by atoms with van der Waals surface area (Å²) >= 11 is 0. The van der Waals surface area contributed by atoms with E-state index in [2.05, 4.69) is 28.9 Å². The van der Waals surface area contributed by atoms with Crippen molar-refractivity contribution in [2.24, 2.45) is 18.9 Å². The first kappa shape index (κ1) is 20.6. The van der Waals surface area contributed by atoms with Gasteiger partial charge in [-0.2, -0.15) is 5.10 Å².